The number of benzene rings is 2. The quantitative estimate of drug-likeness (QED) is 0.873. The van der Waals surface area contributed by atoms with E-state index in [1.165, 1.54) is 18.2 Å². The molecule has 2 aromatic carbocycles. The molecule has 0 N–H and O–H groups in total. The van der Waals surface area contributed by atoms with E-state index in [-0.39, 0.29) is 16.4 Å². The average Bonchev–Trinajstić information content (AvgIpc) is 2.69. The summed E-state index contributed by atoms with van der Waals surface area (Å²) in [6.45, 7) is 1.82. The van der Waals surface area contributed by atoms with Crippen LogP contribution in [0.1, 0.15) is 11.1 Å². The second kappa shape index (κ2) is 5.00. The van der Waals surface area contributed by atoms with E-state index in [4.69, 9.17) is 4.74 Å². The lowest BCUT2D eigenvalue weighted by atomic mass is 10.2. The molecule has 0 radical (unpaired) electrons. The van der Waals surface area contributed by atoms with Crippen molar-refractivity contribution >= 4 is 15.9 Å². The predicted octanol–water partition coefficient (Wildman–Crippen LogP) is 3.34. The smallest absolute Gasteiger partial charge is 0.206 e. The maximum Gasteiger partial charge on any atom is 0.206 e. The molecule has 0 amide bonds. The van der Waals surface area contributed by atoms with Crippen LogP contribution in [0, 0.1) is 12.7 Å². The minimum Gasteiger partial charge on any atom is -0.488 e. The number of aryl methyl sites for hydroxylation is 1. The normalized spacial score (nSPS) is 15.4. The van der Waals surface area contributed by atoms with Gasteiger partial charge in [0.2, 0.25) is 9.84 Å². The number of sulfone groups is 1. The third-order valence-electron chi connectivity index (χ3n) is 3.39. The maximum absolute atomic E-state index is 13.2. The van der Waals surface area contributed by atoms with Gasteiger partial charge in [0.05, 0.1) is 9.80 Å². The Balaban J connectivity index is 1.87. The Morgan fingerprint density at radius 3 is 2.67 bits per heavy atom. The molecule has 0 saturated carbocycles. The summed E-state index contributed by atoms with van der Waals surface area (Å²) in [5.41, 5.74) is 1.43. The van der Waals surface area contributed by atoms with Crippen LogP contribution in [0.4, 0.5) is 4.39 Å². The monoisotopic (exact) mass is 304 g/mol. The largest absolute Gasteiger partial charge is 0.488 e. The Hall–Kier alpha value is -2.14. The number of para-hydroxylation sites is 1. The summed E-state index contributed by atoms with van der Waals surface area (Å²) in [7, 11) is -3.66. The van der Waals surface area contributed by atoms with Gasteiger partial charge in [-0.1, -0.05) is 24.3 Å². The van der Waals surface area contributed by atoms with Gasteiger partial charge in [-0.3, -0.25) is 0 Å². The van der Waals surface area contributed by atoms with Crippen LogP contribution in [0.3, 0.4) is 0 Å². The van der Waals surface area contributed by atoms with E-state index in [2.05, 4.69) is 0 Å². The second-order valence-corrected chi connectivity index (χ2v) is 6.82. The molecule has 21 heavy (non-hydrogen) atoms. The molecule has 0 spiro atoms. The lowest BCUT2D eigenvalue weighted by Crippen LogP contribution is -2.09. The lowest BCUT2D eigenvalue weighted by Gasteiger charge is -2.09. The molecule has 0 atom stereocenters. The zero-order valence-electron chi connectivity index (χ0n) is 11.3. The van der Waals surface area contributed by atoms with Gasteiger partial charge in [0.15, 0.2) is 0 Å². The van der Waals surface area contributed by atoms with Crippen molar-refractivity contribution in [1.29, 1.82) is 0 Å². The Morgan fingerprint density at radius 2 is 1.90 bits per heavy atom. The van der Waals surface area contributed by atoms with Crippen LogP contribution in [0.25, 0.3) is 6.08 Å². The van der Waals surface area contributed by atoms with Crippen molar-refractivity contribution in [3.8, 4) is 5.75 Å². The molecule has 2 aromatic rings. The number of hydrogen-bond acceptors (Lipinski definition) is 3. The molecule has 0 aromatic heterocycles. The van der Waals surface area contributed by atoms with Crippen molar-refractivity contribution in [2.24, 2.45) is 0 Å². The van der Waals surface area contributed by atoms with Gasteiger partial charge in [0, 0.05) is 0 Å². The maximum atomic E-state index is 13.2. The Kier molecular flexibility index (Phi) is 3.29. The van der Waals surface area contributed by atoms with Gasteiger partial charge in [0.25, 0.3) is 0 Å². The first-order valence-corrected chi connectivity index (χ1v) is 7.90. The van der Waals surface area contributed by atoms with E-state index >= 15 is 0 Å². The van der Waals surface area contributed by atoms with E-state index in [0.717, 1.165) is 11.6 Å². The zero-order valence-corrected chi connectivity index (χ0v) is 12.2. The van der Waals surface area contributed by atoms with E-state index in [0.29, 0.717) is 11.3 Å². The highest BCUT2D eigenvalue weighted by Crippen LogP contribution is 2.33. The Morgan fingerprint density at radius 1 is 1.14 bits per heavy atom. The summed E-state index contributed by atoms with van der Waals surface area (Å²) >= 11 is 0. The van der Waals surface area contributed by atoms with Crippen molar-refractivity contribution in [2.75, 3.05) is 6.61 Å². The van der Waals surface area contributed by atoms with E-state index < -0.39 is 15.7 Å². The highest BCUT2D eigenvalue weighted by atomic mass is 32.2. The summed E-state index contributed by atoms with van der Waals surface area (Å²) in [5, 5.41) is 0. The van der Waals surface area contributed by atoms with E-state index in [1.54, 1.807) is 6.07 Å². The fourth-order valence-corrected chi connectivity index (χ4v) is 3.72. The highest BCUT2D eigenvalue weighted by Gasteiger charge is 2.30. The van der Waals surface area contributed by atoms with Crippen molar-refractivity contribution in [3.05, 3.63) is 64.3 Å². The summed E-state index contributed by atoms with van der Waals surface area (Å²) < 4.78 is 43.4. The summed E-state index contributed by atoms with van der Waals surface area (Å²) in [5.74, 6) is 0.0718. The average molecular weight is 304 g/mol. The molecule has 0 unspecified atom stereocenters. The van der Waals surface area contributed by atoms with Crippen molar-refractivity contribution in [2.45, 2.75) is 11.8 Å². The first-order chi connectivity index (χ1) is 9.98. The van der Waals surface area contributed by atoms with Gasteiger partial charge in [-0.2, -0.15) is 0 Å². The number of hydrogen-bond donors (Lipinski definition) is 0. The number of ether oxygens (including phenoxy) is 1. The van der Waals surface area contributed by atoms with Crippen LogP contribution >= 0.6 is 0 Å². The van der Waals surface area contributed by atoms with Gasteiger partial charge < -0.3 is 4.74 Å². The van der Waals surface area contributed by atoms with E-state index in [1.807, 2.05) is 25.1 Å². The minimum absolute atomic E-state index is 0.00545. The van der Waals surface area contributed by atoms with Crippen molar-refractivity contribution in [1.82, 2.24) is 0 Å². The van der Waals surface area contributed by atoms with Crippen LogP contribution in [-0.4, -0.2) is 15.0 Å². The van der Waals surface area contributed by atoms with Crippen molar-refractivity contribution < 1.29 is 17.5 Å². The number of rotatable bonds is 3. The topological polar surface area (TPSA) is 43.4 Å². The van der Waals surface area contributed by atoms with Crippen LogP contribution in [0.5, 0.6) is 5.75 Å². The first-order valence-electron chi connectivity index (χ1n) is 6.42. The first kappa shape index (κ1) is 13.8. The second-order valence-electron chi connectivity index (χ2n) is 4.85. The molecule has 1 heterocycles. The molecule has 0 aliphatic carbocycles. The standard InChI is InChI=1S/C16H13FO3S/c1-11-4-2-3-5-15(11)20-10-14-8-12-6-7-13(17)9-16(12)21(14,18)19/h2-9H,10H2,1H3. The molecule has 0 saturated heterocycles. The fraction of sp³-hybridized carbons (Fsp3) is 0.125. The molecule has 1 aliphatic heterocycles. The van der Waals surface area contributed by atoms with Crippen molar-refractivity contribution in [3.63, 3.8) is 0 Å². The highest BCUT2D eigenvalue weighted by molar-refractivity contribution is 7.95. The third-order valence-corrected chi connectivity index (χ3v) is 5.25. The SMILES string of the molecule is Cc1ccccc1OCC1=Cc2ccc(F)cc2S1(=O)=O. The molecule has 3 nitrogen and oxygen atoms in total. The fourth-order valence-electron chi connectivity index (χ4n) is 2.24. The zero-order chi connectivity index (χ0) is 15.0. The lowest BCUT2D eigenvalue weighted by molar-refractivity contribution is 0.356. The molecule has 3 rings (SSSR count). The van der Waals surface area contributed by atoms with Gasteiger partial charge >= 0.3 is 0 Å². The van der Waals surface area contributed by atoms with Gasteiger partial charge in [0.1, 0.15) is 18.2 Å². The van der Waals surface area contributed by atoms with Gasteiger partial charge in [-0.15, -0.1) is 0 Å². The van der Waals surface area contributed by atoms with E-state index in [9.17, 15) is 12.8 Å². The number of halogens is 1. The Bertz CT molecular complexity index is 838. The van der Waals surface area contributed by atoms with Gasteiger partial charge in [-0.25, -0.2) is 12.8 Å². The summed E-state index contributed by atoms with van der Waals surface area (Å²) in [6.07, 6.45) is 1.53. The third kappa shape index (κ3) is 2.45. The minimum atomic E-state index is -3.66. The van der Waals surface area contributed by atoms with Crippen LogP contribution < -0.4 is 4.74 Å². The molecular formula is C16H13FO3S. The summed E-state index contributed by atoms with van der Waals surface area (Å²) in [6, 6.07) is 11.1. The molecule has 108 valence electrons. The molecule has 0 fully saturated rings. The molecule has 1 aliphatic rings. The van der Waals surface area contributed by atoms with Crippen LogP contribution in [0.2, 0.25) is 0 Å². The Labute approximate surface area is 122 Å². The predicted molar refractivity (Wildman–Crippen MR) is 78.2 cm³/mol. The number of fused-ring (bicyclic) bond motifs is 1. The van der Waals surface area contributed by atoms with Crippen LogP contribution in [-0.2, 0) is 9.84 Å². The summed E-state index contributed by atoms with van der Waals surface area (Å²) in [4.78, 5) is 0.150. The molecule has 5 heteroatoms. The molecular weight excluding hydrogens is 291 g/mol. The van der Waals surface area contributed by atoms with Gasteiger partial charge in [-0.05, 0) is 42.3 Å². The molecule has 0 bridgehead atoms. The van der Waals surface area contributed by atoms with Crippen LogP contribution in [0.15, 0.2) is 52.3 Å².